The van der Waals surface area contributed by atoms with Gasteiger partial charge in [0.2, 0.25) is 5.91 Å². The molecular formula is C18H25N3O3. The molecule has 0 atom stereocenters. The summed E-state index contributed by atoms with van der Waals surface area (Å²) < 4.78 is 0. The van der Waals surface area contributed by atoms with Gasteiger partial charge in [-0.2, -0.15) is 0 Å². The van der Waals surface area contributed by atoms with E-state index in [1.807, 2.05) is 32.8 Å². The fourth-order valence-corrected chi connectivity index (χ4v) is 2.40. The Hall–Kier alpha value is -2.21. The van der Waals surface area contributed by atoms with E-state index in [1.165, 1.54) is 4.90 Å². The van der Waals surface area contributed by atoms with Crippen LogP contribution in [0.4, 0.5) is 0 Å². The van der Waals surface area contributed by atoms with Crippen LogP contribution in [0.2, 0.25) is 0 Å². The molecule has 24 heavy (non-hydrogen) atoms. The summed E-state index contributed by atoms with van der Waals surface area (Å²) in [7, 11) is 3.93. The summed E-state index contributed by atoms with van der Waals surface area (Å²) in [6.07, 6.45) is 0.747. The van der Waals surface area contributed by atoms with Gasteiger partial charge in [0.05, 0.1) is 11.1 Å². The van der Waals surface area contributed by atoms with E-state index < -0.39 is 0 Å². The van der Waals surface area contributed by atoms with Crippen LogP contribution in [0.5, 0.6) is 0 Å². The number of fused-ring (bicyclic) bond motifs is 1. The Labute approximate surface area is 142 Å². The first kappa shape index (κ1) is 18.1. The van der Waals surface area contributed by atoms with E-state index in [-0.39, 0.29) is 36.2 Å². The number of hydrogen-bond acceptors (Lipinski definition) is 4. The Bertz CT molecular complexity index is 618. The summed E-state index contributed by atoms with van der Waals surface area (Å²) in [4.78, 5) is 39.6. The number of carbonyl (C=O) groups is 3. The van der Waals surface area contributed by atoms with Gasteiger partial charge in [0.1, 0.15) is 0 Å². The van der Waals surface area contributed by atoms with Crippen molar-refractivity contribution >= 4 is 17.7 Å². The predicted molar refractivity (Wildman–Crippen MR) is 91.8 cm³/mol. The second-order valence-electron chi connectivity index (χ2n) is 6.89. The van der Waals surface area contributed by atoms with Crippen LogP contribution < -0.4 is 5.32 Å². The lowest BCUT2D eigenvalue weighted by Gasteiger charge is -2.32. The maximum Gasteiger partial charge on any atom is 0.261 e. The minimum absolute atomic E-state index is 0.0680. The molecule has 1 heterocycles. The third-order valence-corrected chi connectivity index (χ3v) is 4.59. The minimum Gasteiger partial charge on any atom is -0.354 e. The SMILES string of the molecule is CN(C)C(C)(C)CNC(=O)CCCN1C(=O)c2ccccc2C1=O. The quantitative estimate of drug-likeness (QED) is 0.769. The average Bonchev–Trinajstić information content (AvgIpc) is 2.78. The number of nitrogens with zero attached hydrogens (tertiary/aromatic N) is 2. The van der Waals surface area contributed by atoms with Crippen molar-refractivity contribution in [3.05, 3.63) is 35.4 Å². The molecule has 6 heteroatoms. The molecule has 2 rings (SSSR count). The first-order valence-electron chi connectivity index (χ1n) is 8.13. The van der Waals surface area contributed by atoms with Crippen LogP contribution in [0.25, 0.3) is 0 Å². The van der Waals surface area contributed by atoms with Crippen LogP contribution in [-0.2, 0) is 4.79 Å². The first-order chi connectivity index (χ1) is 11.2. The summed E-state index contributed by atoms with van der Waals surface area (Å²) in [6.45, 7) is 4.90. The molecule has 1 aliphatic rings. The molecule has 0 radical (unpaired) electrons. The zero-order valence-corrected chi connectivity index (χ0v) is 14.8. The van der Waals surface area contributed by atoms with Gasteiger partial charge in [0.25, 0.3) is 11.8 Å². The van der Waals surface area contributed by atoms with Gasteiger partial charge in [0, 0.05) is 25.0 Å². The summed E-state index contributed by atoms with van der Waals surface area (Å²) in [5.74, 6) is -0.615. The second-order valence-corrected chi connectivity index (χ2v) is 6.89. The van der Waals surface area contributed by atoms with Crippen molar-refractivity contribution in [2.24, 2.45) is 0 Å². The van der Waals surface area contributed by atoms with Gasteiger partial charge < -0.3 is 10.2 Å². The Morgan fingerprint density at radius 1 is 1.12 bits per heavy atom. The van der Waals surface area contributed by atoms with Crippen molar-refractivity contribution in [1.29, 1.82) is 0 Å². The normalized spacial score (nSPS) is 14.3. The lowest BCUT2D eigenvalue weighted by atomic mass is 10.0. The van der Waals surface area contributed by atoms with E-state index in [2.05, 4.69) is 5.32 Å². The number of amides is 3. The van der Waals surface area contributed by atoms with Crippen LogP contribution in [0.15, 0.2) is 24.3 Å². The second kappa shape index (κ2) is 7.13. The molecule has 0 fully saturated rings. The van der Waals surface area contributed by atoms with Gasteiger partial charge in [-0.1, -0.05) is 12.1 Å². The van der Waals surface area contributed by atoms with Crippen LogP contribution in [0, 0.1) is 0 Å². The lowest BCUT2D eigenvalue weighted by molar-refractivity contribution is -0.121. The summed E-state index contributed by atoms with van der Waals surface area (Å²) in [6, 6.07) is 6.80. The van der Waals surface area contributed by atoms with Crippen LogP contribution in [0.1, 0.15) is 47.4 Å². The van der Waals surface area contributed by atoms with Crippen molar-refractivity contribution in [3.63, 3.8) is 0 Å². The molecular weight excluding hydrogens is 306 g/mol. The standard InChI is InChI=1S/C18H25N3O3/c1-18(2,20(3)4)12-19-15(22)10-7-11-21-16(23)13-8-5-6-9-14(13)17(21)24/h5-6,8-9H,7,10-12H2,1-4H3,(H,19,22). The number of rotatable bonds is 7. The molecule has 1 aromatic rings. The van der Waals surface area contributed by atoms with Crippen LogP contribution in [0.3, 0.4) is 0 Å². The smallest absolute Gasteiger partial charge is 0.261 e. The molecule has 0 saturated heterocycles. The number of carbonyl (C=O) groups excluding carboxylic acids is 3. The fraction of sp³-hybridized carbons (Fsp3) is 0.500. The van der Waals surface area contributed by atoms with E-state index in [4.69, 9.17) is 0 Å². The van der Waals surface area contributed by atoms with E-state index in [1.54, 1.807) is 24.3 Å². The number of benzene rings is 1. The third-order valence-electron chi connectivity index (χ3n) is 4.59. The first-order valence-corrected chi connectivity index (χ1v) is 8.13. The fourth-order valence-electron chi connectivity index (χ4n) is 2.40. The zero-order chi connectivity index (χ0) is 17.9. The van der Waals surface area contributed by atoms with Crippen LogP contribution in [-0.4, -0.2) is 60.2 Å². The molecule has 0 aliphatic carbocycles. The molecule has 0 bridgehead atoms. The van der Waals surface area contributed by atoms with E-state index in [0.717, 1.165) is 0 Å². The molecule has 3 amide bonds. The van der Waals surface area contributed by atoms with E-state index in [0.29, 0.717) is 24.1 Å². The molecule has 0 unspecified atom stereocenters. The van der Waals surface area contributed by atoms with E-state index in [9.17, 15) is 14.4 Å². The van der Waals surface area contributed by atoms with Gasteiger partial charge in [-0.05, 0) is 46.5 Å². The molecule has 6 nitrogen and oxygen atoms in total. The van der Waals surface area contributed by atoms with Gasteiger partial charge in [-0.25, -0.2) is 0 Å². The van der Waals surface area contributed by atoms with Crippen molar-refractivity contribution in [2.45, 2.75) is 32.2 Å². The zero-order valence-electron chi connectivity index (χ0n) is 14.8. The minimum atomic E-state index is -0.273. The maximum atomic E-state index is 12.2. The summed E-state index contributed by atoms with van der Waals surface area (Å²) in [5.41, 5.74) is 0.762. The van der Waals surface area contributed by atoms with Crippen LogP contribution >= 0.6 is 0 Å². The highest BCUT2D eigenvalue weighted by molar-refractivity contribution is 6.21. The molecule has 130 valence electrons. The van der Waals surface area contributed by atoms with Gasteiger partial charge in [-0.15, -0.1) is 0 Å². The maximum absolute atomic E-state index is 12.2. The van der Waals surface area contributed by atoms with Crippen molar-refractivity contribution in [3.8, 4) is 0 Å². The Balaban J connectivity index is 1.80. The third kappa shape index (κ3) is 3.82. The number of likely N-dealkylation sites (N-methyl/N-ethyl adjacent to an activating group) is 1. The average molecular weight is 331 g/mol. The van der Waals surface area contributed by atoms with Gasteiger partial charge in [-0.3, -0.25) is 19.3 Å². The highest BCUT2D eigenvalue weighted by Crippen LogP contribution is 2.22. The Kier molecular flexibility index (Phi) is 5.39. The van der Waals surface area contributed by atoms with Crippen molar-refractivity contribution in [2.75, 3.05) is 27.2 Å². The molecule has 0 aromatic heterocycles. The molecule has 0 spiro atoms. The topological polar surface area (TPSA) is 69.7 Å². The van der Waals surface area contributed by atoms with Crippen molar-refractivity contribution < 1.29 is 14.4 Å². The Morgan fingerprint density at radius 3 is 2.17 bits per heavy atom. The van der Waals surface area contributed by atoms with Gasteiger partial charge >= 0.3 is 0 Å². The molecule has 0 saturated carbocycles. The molecule has 1 aliphatic heterocycles. The molecule has 1 aromatic carbocycles. The number of hydrogen-bond donors (Lipinski definition) is 1. The summed E-state index contributed by atoms with van der Waals surface area (Å²) >= 11 is 0. The summed E-state index contributed by atoms with van der Waals surface area (Å²) in [5, 5.41) is 2.90. The van der Waals surface area contributed by atoms with E-state index >= 15 is 0 Å². The van der Waals surface area contributed by atoms with Crippen molar-refractivity contribution in [1.82, 2.24) is 15.1 Å². The highest BCUT2D eigenvalue weighted by Gasteiger charge is 2.34. The highest BCUT2D eigenvalue weighted by atomic mass is 16.2. The monoisotopic (exact) mass is 331 g/mol. The number of imide groups is 1. The lowest BCUT2D eigenvalue weighted by Crippen LogP contribution is -2.48. The number of nitrogens with one attached hydrogen (secondary N) is 1. The largest absolute Gasteiger partial charge is 0.354 e. The predicted octanol–water partition coefficient (Wildman–Crippen LogP) is 1.52. The molecule has 1 N–H and O–H groups in total. The Morgan fingerprint density at radius 2 is 1.67 bits per heavy atom. The van der Waals surface area contributed by atoms with Gasteiger partial charge in [0.15, 0.2) is 0 Å².